The summed E-state index contributed by atoms with van der Waals surface area (Å²) in [5.41, 5.74) is 7.71. The van der Waals surface area contributed by atoms with Gasteiger partial charge in [0.25, 0.3) is 11.8 Å². The number of rotatable bonds is 13. The van der Waals surface area contributed by atoms with E-state index in [1.54, 1.807) is 0 Å². The molecule has 1 heterocycles. The van der Waals surface area contributed by atoms with Gasteiger partial charge < -0.3 is 34.8 Å². The molecule has 27 heteroatoms. The van der Waals surface area contributed by atoms with Crippen molar-refractivity contribution in [1.82, 2.24) is 0 Å². The van der Waals surface area contributed by atoms with Crippen LogP contribution in [-0.4, -0.2) is 74.1 Å². The van der Waals surface area contributed by atoms with Gasteiger partial charge in [0.2, 0.25) is 5.78 Å². The number of nitrogens with zero attached hydrogens (tertiary/aromatic N) is 7. The van der Waals surface area contributed by atoms with Gasteiger partial charge in [0.1, 0.15) is 43.1 Å². The first-order valence-corrected chi connectivity index (χ1v) is 20.9. The molecule has 2 aliphatic rings. The number of carbonyl (C=O) groups excluding carboxylic acids is 4. The Kier molecular flexibility index (Phi) is 18.4. The molecule has 1 unspecified atom stereocenters. The molecule has 5 aromatic rings. The topological polar surface area (TPSA) is 342 Å². The summed E-state index contributed by atoms with van der Waals surface area (Å²) in [7, 11) is -8.76. The molecule has 1 atom stereocenters. The summed E-state index contributed by atoms with van der Waals surface area (Å²) in [5, 5.41) is 39.0. The van der Waals surface area contributed by atoms with Crippen LogP contribution in [0.4, 0.5) is 39.8 Å². The predicted molar refractivity (Wildman–Crippen MR) is 225 cm³/mol. The molecular weight excluding hydrogens is 946 g/mol. The van der Waals surface area contributed by atoms with E-state index in [1.165, 1.54) is 104 Å². The van der Waals surface area contributed by atoms with Crippen molar-refractivity contribution in [1.29, 1.82) is 0 Å². The van der Waals surface area contributed by atoms with Gasteiger partial charge in [-0.05, 0) is 103 Å². The molecule has 0 saturated carbocycles. The van der Waals surface area contributed by atoms with Crippen molar-refractivity contribution in [2.75, 3.05) is 28.6 Å². The number of hydrogen-bond donors (Lipinski definition) is 3. The maximum atomic E-state index is 13.6. The Morgan fingerprint density at radius 1 is 0.791 bits per heavy atom. The van der Waals surface area contributed by atoms with Crippen LogP contribution in [0.3, 0.4) is 0 Å². The fraction of sp³-hybridized carbons (Fsp3) is 0.0500. The Bertz CT molecular complexity index is 3190. The molecule has 0 saturated heterocycles. The molecule has 0 bridgehead atoms. The summed E-state index contributed by atoms with van der Waals surface area (Å²) in [6, 6.07) is 22.6. The molecule has 5 aromatic carbocycles. The van der Waals surface area contributed by atoms with Gasteiger partial charge in [-0.15, -0.1) is 0 Å². The Hall–Kier alpha value is -5.32. The number of nitrogens with two attached hydrogens (primary N) is 1. The molecule has 2 amide bonds. The normalized spacial score (nSPS) is 15.2. The van der Waals surface area contributed by atoms with Crippen LogP contribution in [0.15, 0.2) is 150 Å². The number of ether oxygens (including phenoxy) is 1. The van der Waals surface area contributed by atoms with Crippen molar-refractivity contribution >= 4 is 101 Å². The first kappa shape index (κ1) is 54.3. The second-order valence-electron chi connectivity index (χ2n) is 13.3. The molecule has 1 aliphatic carbocycles. The number of amides is 2. The summed E-state index contributed by atoms with van der Waals surface area (Å²) in [5.74, 6) is -4.25. The Labute approximate surface area is 446 Å². The molecule has 0 aromatic heterocycles. The molecule has 22 nitrogen and oxygen atoms in total. The maximum absolute atomic E-state index is 13.6. The van der Waals surface area contributed by atoms with Crippen LogP contribution in [0.25, 0.3) is 6.08 Å². The van der Waals surface area contributed by atoms with Crippen molar-refractivity contribution in [3.8, 4) is 5.75 Å². The number of methoxy groups -OCH3 is 1. The van der Waals surface area contributed by atoms with Gasteiger partial charge in [0.05, 0.1) is 45.6 Å². The van der Waals surface area contributed by atoms with Crippen LogP contribution in [-0.2, 0) is 29.8 Å². The van der Waals surface area contributed by atoms with Crippen LogP contribution in [0.5, 0.6) is 5.75 Å². The largest absolute Gasteiger partial charge is 1.00 e. The van der Waals surface area contributed by atoms with Gasteiger partial charge in [-0.3, -0.25) is 19.8 Å². The SMILES string of the molecule is COc1cc(N=Nc2cccc(S(=O)(=O)[O-])c2)ccc1N=NC1C(=O)N(c2cccc(N/N=C3/C(=O)c4ccc(NC(=O)c5ccc(N)cc5)cc4C=C3S(=O)(=O)[O-])c2)N=C1C(=O)[O-].[Na+].[Na+].[Na+]. The van der Waals surface area contributed by atoms with Gasteiger partial charge in [-0.2, -0.15) is 35.7 Å². The number of anilines is 4. The molecule has 1 aliphatic heterocycles. The van der Waals surface area contributed by atoms with Crippen LogP contribution < -0.4 is 120 Å². The molecule has 67 heavy (non-hydrogen) atoms. The monoisotopic (exact) mass is 972 g/mol. The smallest absolute Gasteiger partial charge is 0.744 e. The number of aliphatic carboxylic acids is 1. The van der Waals surface area contributed by atoms with E-state index < -0.39 is 71.1 Å². The van der Waals surface area contributed by atoms with E-state index in [1.807, 2.05) is 0 Å². The number of ketones is 1. The van der Waals surface area contributed by atoms with E-state index in [4.69, 9.17) is 10.5 Å². The van der Waals surface area contributed by atoms with Crippen molar-refractivity contribution in [3.05, 3.63) is 131 Å². The number of fused-ring (bicyclic) bond motifs is 1. The number of hydrogen-bond acceptors (Lipinski definition) is 20. The zero-order valence-electron chi connectivity index (χ0n) is 35.5. The number of benzene rings is 5. The number of allylic oxidation sites excluding steroid dienone is 1. The van der Waals surface area contributed by atoms with Crippen LogP contribution in [0, 0.1) is 0 Å². The van der Waals surface area contributed by atoms with Gasteiger partial charge in [-0.1, -0.05) is 12.1 Å². The molecule has 0 radical (unpaired) electrons. The number of nitrogen functional groups attached to an aromatic ring is 1. The number of hydrazone groups is 2. The Balaban J connectivity index is 0.00000327. The van der Waals surface area contributed by atoms with E-state index >= 15 is 0 Å². The fourth-order valence-corrected chi connectivity index (χ4v) is 7.17. The number of azo groups is 2. The average molecular weight is 973 g/mol. The second kappa shape index (κ2) is 22.7. The third-order valence-electron chi connectivity index (χ3n) is 9.07. The number of Topliss-reactive ketones (excluding diaryl/α,β-unsaturated/α-hetero) is 1. The molecule has 0 spiro atoms. The fourth-order valence-electron chi connectivity index (χ4n) is 6.01. The standard InChI is InChI=1S/C40H30N10O12S2.3Na/c1-62-32-20-27(44-43-26-5-3-7-29(19-26)63(56,57)58)13-15-31(32)46-48-35-36(40(54)55)49-50(39(35)53)28-6-2-4-25(18-28)45-47-34-33(64(59,60)61)17-22-16-24(12-14-30(22)37(34)51)42-38(52)21-8-10-23(41)11-9-21;;;/h2-20,35,45H,41H2,1H3,(H,42,52)(H,54,55)(H,56,57,58)(H,59,60,61);;;/q;3*+1/p-3/b44-43?,47-34+,48-46?;;;. The van der Waals surface area contributed by atoms with E-state index in [2.05, 4.69) is 41.4 Å². The second-order valence-corrected chi connectivity index (χ2v) is 16.1. The third kappa shape index (κ3) is 12.8. The summed E-state index contributed by atoms with van der Waals surface area (Å²) in [6.07, 6.45) is 0.939. The van der Waals surface area contributed by atoms with Crippen molar-refractivity contribution in [2.24, 2.45) is 30.7 Å². The first-order chi connectivity index (χ1) is 30.4. The Morgan fingerprint density at radius 2 is 1.48 bits per heavy atom. The summed E-state index contributed by atoms with van der Waals surface area (Å²) < 4.78 is 76.5. The van der Waals surface area contributed by atoms with E-state index in [9.17, 15) is 50.2 Å². The third-order valence-corrected chi connectivity index (χ3v) is 10.8. The van der Waals surface area contributed by atoms with Crippen molar-refractivity contribution in [3.63, 3.8) is 0 Å². The molecule has 4 N–H and O–H groups in total. The number of nitrogens with one attached hydrogen (secondary N) is 2. The molecule has 324 valence electrons. The average Bonchev–Trinajstić information content (AvgIpc) is 3.60. The van der Waals surface area contributed by atoms with Crippen molar-refractivity contribution in [2.45, 2.75) is 10.9 Å². The van der Waals surface area contributed by atoms with Gasteiger partial charge in [-0.25, -0.2) is 16.8 Å². The molecular formula is C40H27N10Na3O12S2. The van der Waals surface area contributed by atoms with Crippen LogP contribution in [0.2, 0.25) is 0 Å². The van der Waals surface area contributed by atoms with E-state index in [0.29, 0.717) is 10.7 Å². The Morgan fingerprint density at radius 3 is 2.13 bits per heavy atom. The maximum Gasteiger partial charge on any atom is 1.00 e. The number of carbonyl (C=O) groups is 4. The zero-order chi connectivity index (χ0) is 45.9. The predicted octanol–water partition coefficient (Wildman–Crippen LogP) is -4.98. The van der Waals surface area contributed by atoms with Gasteiger partial charge in [0.15, 0.2) is 6.04 Å². The summed E-state index contributed by atoms with van der Waals surface area (Å²) in [4.78, 5) is 50.5. The van der Waals surface area contributed by atoms with Crippen LogP contribution in [0.1, 0.15) is 26.3 Å². The van der Waals surface area contributed by atoms with Gasteiger partial charge >= 0.3 is 88.7 Å². The number of carboxylic acid groups (broad SMARTS) is 1. The molecule has 7 rings (SSSR count). The minimum Gasteiger partial charge on any atom is -0.744 e. The van der Waals surface area contributed by atoms with Crippen molar-refractivity contribution < 1.29 is 144 Å². The van der Waals surface area contributed by atoms with E-state index in [0.717, 1.165) is 18.2 Å². The van der Waals surface area contributed by atoms with Gasteiger partial charge in [0, 0.05) is 28.6 Å². The molecule has 0 fully saturated rings. The minimum absolute atomic E-state index is 0. The summed E-state index contributed by atoms with van der Waals surface area (Å²) in [6.45, 7) is 0. The van der Waals surface area contributed by atoms with E-state index in [-0.39, 0.29) is 145 Å². The number of carboxylic acids is 1. The first-order valence-electron chi connectivity index (χ1n) is 18.1. The summed E-state index contributed by atoms with van der Waals surface area (Å²) >= 11 is 0. The van der Waals surface area contributed by atoms with Crippen LogP contribution >= 0.6 is 0 Å². The quantitative estimate of drug-likeness (QED) is 0.0327. The minimum atomic E-state index is -5.31. The zero-order valence-corrected chi connectivity index (χ0v) is 43.1.